The SMILES string of the molecule is CC(c1cccc2ccccc12)N(C(=N)N(C(C)c1cccc2ccccc12)C(C)c1cccc2ccccc12)C(C)c1cccc2ccccc12. The fourth-order valence-corrected chi connectivity index (χ4v) is 8.60. The van der Waals surface area contributed by atoms with E-state index in [1.165, 1.54) is 65.3 Å². The highest BCUT2D eigenvalue weighted by atomic mass is 15.4. The Morgan fingerprint density at radius 3 is 0.788 bits per heavy atom. The number of rotatable bonds is 8. The van der Waals surface area contributed by atoms with Crippen LogP contribution in [0.25, 0.3) is 43.1 Å². The molecule has 0 saturated carbocycles. The zero-order chi connectivity index (χ0) is 35.8. The molecule has 1 N–H and O–H groups in total. The topological polar surface area (TPSA) is 30.3 Å². The summed E-state index contributed by atoms with van der Waals surface area (Å²) in [6.45, 7) is 9.12. The van der Waals surface area contributed by atoms with Crippen molar-refractivity contribution in [2.24, 2.45) is 0 Å². The first kappa shape index (κ1) is 33.2. The molecule has 0 radical (unpaired) electrons. The number of nitrogens with zero attached hydrogens (tertiary/aromatic N) is 2. The van der Waals surface area contributed by atoms with E-state index in [0.717, 1.165) is 0 Å². The highest BCUT2D eigenvalue weighted by molar-refractivity contribution is 5.91. The molecule has 52 heavy (non-hydrogen) atoms. The Balaban J connectivity index is 1.35. The van der Waals surface area contributed by atoms with E-state index in [1.807, 2.05) is 0 Å². The number of benzene rings is 8. The highest BCUT2D eigenvalue weighted by Crippen LogP contribution is 2.42. The molecule has 256 valence electrons. The number of hydrogen-bond acceptors (Lipinski definition) is 1. The molecule has 8 aromatic carbocycles. The minimum absolute atomic E-state index is 0.116. The van der Waals surface area contributed by atoms with Crippen LogP contribution < -0.4 is 0 Å². The molecule has 8 rings (SSSR count). The molecule has 0 amide bonds. The van der Waals surface area contributed by atoms with Crippen molar-refractivity contribution in [1.29, 1.82) is 5.41 Å². The van der Waals surface area contributed by atoms with Crippen molar-refractivity contribution >= 4 is 49.0 Å². The minimum Gasteiger partial charge on any atom is -0.329 e. The molecule has 0 aliphatic carbocycles. The second kappa shape index (κ2) is 14.0. The maximum absolute atomic E-state index is 10.6. The molecule has 0 heterocycles. The molecule has 0 aliphatic heterocycles. The molecular weight excluding hydrogens is 631 g/mol. The number of hydrogen-bond donors (Lipinski definition) is 1. The molecule has 4 unspecified atom stereocenters. The van der Waals surface area contributed by atoms with Crippen LogP contribution in [-0.2, 0) is 0 Å². The smallest absolute Gasteiger partial charge is 0.195 e. The van der Waals surface area contributed by atoms with Gasteiger partial charge < -0.3 is 9.80 Å². The lowest BCUT2D eigenvalue weighted by molar-refractivity contribution is 0.176. The maximum Gasteiger partial charge on any atom is 0.195 e. The quantitative estimate of drug-likeness (QED) is 0.128. The number of fused-ring (bicyclic) bond motifs is 4. The molecule has 8 aromatic rings. The second-order valence-corrected chi connectivity index (χ2v) is 14.1. The highest BCUT2D eigenvalue weighted by Gasteiger charge is 2.35. The van der Waals surface area contributed by atoms with Gasteiger partial charge in [-0.05, 0) is 93.0 Å². The minimum atomic E-state index is -0.116. The predicted molar refractivity (Wildman–Crippen MR) is 221 cm³/mol. The van der Waals surface area contributed by atoms with Gasteiger partial charge in [-0.15, -0.1) is 0 Å². The maximum atomic E-state index is 10.6. The van der Waals surface area contributed by atoms with Crippen molar-refractivity contribution in [3.63, 3.8) is 0 Å². The summed E-state index contributed by atoms with van der Waals surface area (Å²) >= 11 is 0. The Bertz CT molecular complexity index is 2180. The molecular formula is C49H45N3. The van der Waals surface area contributed by atoms with E-state index in [-0.39, 0.29) is 24.2 Å². The molecule has 0 bridgehead atoms. The van der Waals surface area contributed by atoms with Gasteiger partial charge in [0, 0.05) is 0 Å². The van der Waals surface area contributed by atoms with Gasteiger partial charge in [-0.1, -0.05) is 170 Å². The van der Waals surface area contributed by atoms with Gasteiger partial charge in [-0.3, -0.25) is 5.41 Å². The van der Waals surface area contributed by atoms with E-state index in [1.54, 1.807) is 0 Å². The Hall–Kier alpha value is -5.93. The normalized spacial score (nSPS) is 13.9. The predicted octanol–water partition coefficient (Wildman–Crippen LogP) is 13.2. The average Bonchev–Trinajstić information content (AvgIpc) is 3.19. The lowest BCUT2D eigenvalue weighted by Crippen LogP contribution is -2.48. The summed E-state index contributed by atoms with van der Waals surface area (Å²) in [5, 5.41) is 20.3. The zero-order valence-electron chi connectivity index (χ0n) is 30.4. The van der Waals surface area contributed by atoms with Crippen molar-refractivity contribution in [1.82, 2.24) is 9.80 Å². The Morgan fingerprint density at radius 1 is 0.327 bits per heavy atom. The van der Waals surface area contributed by atoms with Crippen LogP contribution >= 0.6 is 0 Å². The largest absolute Gasteiger partial charge is 0.329 e. The summed E-state index contributed by atoms with van der Waals surface area (Å²) in [4.78, 5) is 4.74. The van der Waals surface area contributed by atoms with Crippen molar-refractivity contribution in [3.05, 3.63) is 192 Å². The van der Waals surface area contributed by atoms with Gasteiger partial charge in [-0.25, -0.2) is 0 Å². The van der Waals surface area contributed by atoms with Crippen LogP contribution in [-0.4, -0.2) is 15.8 Å². The Kier molecular flexibility index (Phi) is 8.95. The van der Waals surface area contributed by atoms with Crippen LogP contribution in [0, 0.1) is 5.41 Å². The third-order valence-electron chi connectivity index (χ3n) is 11.3. The van der Waals surface area contributed by atoms with Crippen molar-refractivity contribution in [3.8, 4) is 0 Å². The first-order valence-corrected chi connectivity index (χ1v) is 18.5. The molecule has 0 fully saturated rings. The average molecular weight is 676 g/mol. The summed E-state index contributed by atoms with van der Waals surface area (Å²) in [7, 11) is 0. The first-order chi connectivity index (χ1) is 25.4. The molecule has 0 saturated heterocycles. The van der Waals surface area contributed by atoms with E-state index in [0.29, 0.717) is 5.96 Å². The summed E-state index contributed by atoms with van der Waals surface area (Å²) in [6, 6.07) is 60.5. The summed E-state index contributed by atoms with van der Waals surface area (Å²) in [5.74, 6) is 0.502. The molecule has 3 nitrogen and oxygen atoms in total. The lowest BCUT2D eigenvalue weighted by Gasteiger charge is -2.46. The van der Waals surface area contributed by atoms with Gasteiger partial charge in [0.1, 0.15) is 0 Å². The fourth-order valence-electron chi connectivity index (χ4n) is 8.60. The monoisotopic (exact) mass is 675 g/mol. The van der Waals surface area contributed by atoms with Crippen molar-refractivity contribution in [2.45, 2.75) is 51.9 Å². The number of nitrogens with one attached hydrogen (secondary N) is 1. The van der Waals surface area contributed by atoms with Crippen LogP contribution in [0.3, 0.4) is 0 Å². The molecule has 0 aliphatic rings. The molecule has 3 heteroatoms. The molecule has 0 aromatic heterocycles. The van der Waals surface area contributed by atoms with E-state index in [4.69, 9.17) is 0 Å². The van der Waals surface area contributed by atoms with Gasteiger partial charge in [0.2, 0.25) is 0 Å². The van der Waals surface area contributed by atoms with Gasteiger partial charge >= 0.3 is 0 Å². The standard InChI is InChI=1S/C49H45N3/c1-33(41-29-13-21-37-17-5-9-25-45(37)41)51(34(2)42-30-14-22-38-18-6-10-26-46(38)42)49(50)52(35(3)43-31-15-23-39-19-7-11-27-47(39)43)36(4)44-32-16-24-40-20-8-12-28-48(40)44/h5-36,50H,1-4H3. The van der Waals surface area contributed by atoms with Gasteiger partial charge in [0.05, 0.1) is 24.2 Å². The summed E-state index contributed by atoms with van der Waals surface area (Å²) in [5.41, 5.74) is 4.85. The van der Waals surface area contributed by atoms with Crippen LogP contribution in [0.4, 0.5) is 0 Å². The Morgan fingerprint density at radius 2 is 0.538 bits per heavy atom. The van der Waals surface area contributed by atoms with Crippen LogP contribution in [0.1, 0.15) is 74.1 Å². The first-order valence-electron chi connectivity index (χ1n) is 18.5. The summed E-state index contributed by atoms with van der Waals surface area (Å²) < 4.78 is 0. The third-order valence-corrected chi connectivity index (χ3v) is 11.3. The van der Waals surface area contributed by atoms with Gasteiger partial charge in [0.25, 0.3) is 0 Å². The van der Waals surface area contributed by atoms with Gasteiger partial charge in [-0.2, -0.15) is 0 Å². The van der Waals surface area contributed by atoms with Crippen LogP contribution in [0.5, 0.6) is 0 Å². The van der Waals surface area contributed by atoms with Crippen LogP contribution in [0.2, 0.25) is 0 Å². The van der Waals surface area contributed by atoms with E-state index < -0.39 is 0 Å². The third kappa shape index (κ3) is 5.86. The van der Waals surface area contributed by atoms with Crippen molar-refractivity contribution in [2.75, 3.05) is 0 Å². The van der Waals surface area contributed by atoms with Crippen molar-refractivity contribution < 1.29 is 0 Å². The lowest BCUT2D eigenvalue weighted by atomic mass is 9.92. The second-order valence-electron chi connectivity index (χ2n) is 14.1. The van der Waals surface area contributed by atoms with Crippen LogP contribution in [0.15, 0.2) is 170 Å². The van der Waals surface area contributed by atoms with E-state index in [9.17, 15) is 5.41 Å². The zero-order valence-corrected chi connectivity index (χ0v) is 30.4. The molecule has 0 spiro atoms. The van der Waals surface area contributed by atoms with E-state index in [2.05, 4.69) is 207 Å². The Labute approximate surface area is 307 Å². The number of guanidine groups is 1. The molecule has 4 atom stereocenters. The summed E-state index contributed by atoms with van der Waals surface area (Å²) in [6.07, 6.45) is 0. The fraction of sp³-hybridized carbons (Fsp3) is 0.163. The van der Waals surface area contributed by atoms with Gasteiger partial charge in [0.15, 0.2) is 5.96 Å². The van der Waals surface area contributed by atoms with E-state index >= 15 is 0 Å².